The van der Waals surface area contributed by atoms with Crippen LogP contribution < -0.4 is 29.0 Å². The molecule has 1 heterocycles. The van der Waals surface area contributed by atoms with Crippen molar-refractivity contribution >= 4 is 11.9 Å². The monoisotopic (exact) mass is 435 g/mol. The fourth-order valence-corrected chi connectivity index (χ4v) is 2.78. The van der Waals surface area contributed by atoms with Gasteiger partial charge in [0.2, 0.25) is 6.79 Å². The van der Waals surface area contributed by atoms with Crippen molar-refractivity contribution in [3.05, 3.63) is 41.5 Å². The number of hydrogen-bond donors (Lipinski definition) is 3. The summed E-state index contributed by atoms with van der Waals surface area (Å²) in [7, 11) is 4.89. The van der Waals surface area contributed by atoms with Gasteiger partial charge in [0.15, 0.2) is 23.0 Å². The summed E-state index contributed by atoms with van der Waals surface area (Å²) >= 11 is 0. The minimum atomic E-state index is -1.82. The van der Waals surface area contributed by atoms with Crippen LogP contribution >= 0.6 is 0 Å². The van der Waals surface area contributed by atoms with Gasteiger partial charge in [-0.05, 0) is 36.7 Å². The number of benzene rings is 2. The maximum atomic E-state index is 9.10. The van der Waals surface area contributed by atoms with Crippen molar-refractivity contribution in [2.45, 2.75) is 13.0 Å². The zero-order valence-electron chi connectivity index (χ0n) is 17.5. The number of carbonyl (C=O) groups is 2. The van der Waals surface area contributed by atoms with Crippen LogP contribution in [-0.2, 0) is 22.6 Å². The lowest BCUT2D eigenvalue weighted by Crippen LogP contribution is -2.17. The van der Waals surface area contributed by atoms with Crippen molar-refractivity contribution < 1.29 is 43.5 Å². The molecule has 1 aliphatic heterocycles. The molecule has 0 saturated carbocycles. The van der Waals surface area contributed by atoms with Crippen molar-refractivity contribution in [3.8, 4) is 28.7 Å². The highest BCUT2D eigenvalue weighted by molar-refractivity contribution is 6.27. The standard InChI is InChI=1S/C19H23NO5.C2H2O4/c1-21-16-10-18(23-3)17(22-2)9-14(16)11-20-7-6-13-4-5-15-19(8-13)25-12-24-15;3-1(4)2(5)6/h4-5,8-10,20H,6-7,11-12H2,1-3H3;(H,3,4)(H,5,6). The molecule has 0 spiro atoms. The van der Waals surface area contributed by atoms with Crippen LogP contribution in [-0.4, -0.2) is 56.8 Å². The SMILES string of the molecule is COc1cc(OC)c(OC)cc1CNCCc1ccc2c(c1)OCO2.O=C(O)C(=O)O. The topological polar surface area (TPSA) is 133 Å². The molecule has 0 fully saturated rings. The first kappa shape index (κ1) is 23.6. The third-order valence-corrected chi connectivity index (χ3v) is 4.31. The normalized spacial score (nSPS) is 11.2. The van der Waals surface area contributed by atoms with E-state index < -0.39 is 11.9 Å². The Morgan fingerprint density at radius 3 is 2.13 bits per heavy atom. The molecule has 0 aromatic heterocycles. The summed E-state index contributed by atoms with van der Waals surface area (Å²) in [5, 5.41) is 18.2. The zero-order chi connectivity index (χ0) is 22.8. The van der Waals surface area contributed by atoms with E-state index >= 15 is 0 Å². The molecular weight excluding hydrogens is 410 g/mol. The van der Waals surface area contributed by atoms with E-state index in [0.29, 0.717) is 24.8 Å². The minimum absolute atomic E-state index is 0.302. The Balaban J connectivity index is 0.000000501. The molecule has 0 amide bonds. The number of carboxylic acids is 2. The Morgan fingerprint density at radius 1 is 0.903 bits per heavy atom. The van der Waals surface area contributed by atoms with Gasteiger partial charge in [0.05, 0.1) is 21.3 Å². The summed E-state index contributed by atoms with van der Waals surface area (Å²) < 4.78 is 26.9. The Labute approximate surface area is 179 Å². The Bertz CT molecular complexity index is 902. The van der Waals surface area contributed by atoms with Crippen LogP contribution in [0.5, 0.6) is 28.7 Å². The highest BCUT2D eigenvalue weighted by atomic mass is 16.7. The van der Waals surface area contributed by atoms with E-state index in [1.165, 1.54) is 5.56 Å². The molecule has 0 bridgehead atoms. The second kappa shape index (κ2) is 11.5. The fraction of sp³-hybridized carbons (Fsp3) is 0.333. The van der Waals surface area contributed by atoms with E-state index in [4.69, 9.17) is 43.5 Å². The predicted molar refractivity (Wildman–Crippen MR) is 109 cm³/mol. The van der Waals surface area contributed by atoms with E-state index in [-0.39, 0.29) is 0 Å². The van der Waals surface area contributed by atoms with Crippen LogP contribution in [0, 0.1) is 0 Å². The van der Waals surface area contributed by atoms with Crippen LogP contribution in [0.2, 0.25) is 0 Å². The first-order valence-electron chi connectivity index (χ1n) is 9.24. The van der Waals surface area contributed by atoms with Crippen molar-refractivity contribution in [2.24, 2.45) is 0 Å². The first-order chi connectivity index (χ1) is 14.9. The number of hydrogen-bond acceptors (Lipinski definition) is 8. The van der Waals surface area contributed by atoms with E-state index in [1.54, 1.807) is 21.3 Å². The van der Waals surface area contributed by atoms with E-state index in [9.17, 15) is 0 Å². The smallest absolute Gasteiger partial charge is 0.414 e. The van der Waals surface area contributed by atoms with Crippen LogP contribution in [0.1, 0.15) is 11.1 Å². The zero-order valence-corrected chi connectivity index (χ0v) is 17.5. The fourth-order valence-electron chi connectivity index (χ4n) is 2.78. The summed E-state index contributed by atoms with van der Waals surface area (Å²) in [6.45, 7) is 1.81. The molecular formula is C21H25NO9. The quantitative estimate of drug-likeness (QED) is 0.417. The van der Waals surface area contributed by atoms with Gasteiger partial charge in [0.25, 0.3) is 0 Å². The lowest BCUT2D eigenvalue weighted by Gasteiger charge is -2.14. The minimum Gasteiger partial charge on any atom is -0.496 e. The number of aliphatic carboxylic acids is 2. The lowest BCUT2D eigenvalue weighted by atomic mass is 10.1. The van der Waals surface area contributed by atoms with Gasteiger partial charge in [-0.1, -0.05) is 6.07 Å². The third kappa shape index (κ3) is 6.68. The van der Waals surface area contributed by atoms with Gasteiger partial charge in [-0.2, -0.15) is 0 Å². The van der Waals surface area contributed by atoms with Crippen LogP contribution in [0.15, 0.2) is 30.3 Å². The highest BCUT2D eigenvalue weighted by Gasteiger charge is 2.14. The summed E-state index contributed by atoms with van der Waals surface area (Å²) in [5.41, 5.74) is 2.22. The van der Waals surface area contributed by atoms with Gasteiger partial charge in [-0.3, -0.25) is 0 Å². The van der Waals surface area contributed by atoms with Gasteiger partial charge >= 0.3 is 11.9 Å². The van der Waals surface area contributed by atoms with Crippen LogP contribution in [0.3, 0.4) is 0 Å². The molecule has 0 aliphatic carbocycles. The van der Waals surface area contributed by atoms with Crippen molar-refractivity contribution in [2.75, 3.05) is 34.7 Å². The number of ether oxygens (including phenoxy) is 5. The largest absolute Gasteiger partial charge is 0.496 e. The second-order valence-corrected chi connectivity index (χ2v) is 6.24. The average Bonchev–Trinajstić information content (AvgIpc) is 3.24. The molecule has 2 aromatic carbocycles. The highest BCUT2D eigenvalue weighted by Crippen LogP contribution is 2.35. The van der Waals surface area contributed by atoms with Gasteiger partial charge in [0, 0.05) is 18.2 Å². The van der Waals surface area contributed by atoms with Gasteiger partial charge in [0.1, 0.15) is 5.75 Å². The average molecular weight is 435 g/mol. The summed E-state index contributed by atoms with van der Waals surface area (Å²) in [4.78, 5) is 18.2. The van der Waals surface area contributed by atoms with Gasteiger partial charge in [-0.25, -0.2) is 9.59 Å². The molecule has 10 nitrogen and oxygen atoms in total. The number of rotatable bonds is 8. The lowest BCUT2D eigenvalue weighted by molar-refractivity contribution is -0.159. The Morgan fingerprint density at radius 2 is 1.52 bits per heavy atom. The van der Waals surface area contributed by atoms with Gasteiger partial charge in [-0.15, -0.1) is 0 Å². The molecule has 1 aliphatic rings. The number of fused-ring (bicyclic) bond motifs is 1. The van der Waals surface area contributed by atoms with Crippen LogP contribution in [0.25, 0.3) is 0 Å². The number of nitrogens with one attached hydrogen (secondary N) is 1. The maximum absolute atomic E-state index is 9.10. The predicted octanol–water partition coefficient (Wildman–Crippen LogP) is 1.93. The molecule has 31 heavy (non-hydrogen) atoms. The maximum Gasteiger partial charge on any atom is 0.414 e. The molecule has 0 radical (unpaired) electrons. The molecule has 3 N–H and O–H groups in total. The molecule has 3 rings (SSSR count). The van der Waals surface area contributed by atoms with Crippen LogP contribution in [0.4, 0.5) is 0 Å². The van der Waals surface area contributed by atoms with E-state index in [2.05, 4.69) is 11.4 Å². The number of methoxy groups -OCH3 is 3. The van der Waals surface area contributed by atoms with Crippen molar-refractivity contribution in [3.63, 3.8) is 0 Å². The first-order valence-corrected chi connectivity index (χ1v) is 9.24. The van der Waals surface area contributed by atoms with Crippen molar-refractivity contribution in [1.29, 1.82) is 0 Å². The molecule has 2 aromatic rings. The molecule has 10 heteroatoms. The van der Waals surface area contributed by atoms with E-state index in [1.807, 2.05) is 24.3 Å². The van der Waals surface area contributed by atoms with E-state index in [0.717, 1.165) is 35.8 Å². The summed E-state index contributed by atoms with van der Waals surface area (Å²) in [5.74, 6) is 0.100. The Hall–Kier alpha value is -3.66. The molecule has 0 saturated heterocycles. The molecule has 0 unspecified atom stereocenters. The summed E-state index contributed by atoms with van der Waals surface area (Å²) in [6, 6.07) is 9.82. The molecule has 0 atom stereocenters. The second-order valence-electron chi connectivity index (χ2n) is 6.24. The summed E-state index contributed by atoms with van der Waals surface area (Å²) in [6.07, 6.45) is 0.895. The Kier molecular flexibility index (Phi) is 8.77. The molecule has 168 valence electrons. The third-order valence-electron chi connectivity index (χ3n) is 4.31. The van der Waals surface area contributed by atoms with Gasteiger partial charge < -0.3 is 39.2 Å². The number of carboxylic acid groups (broad SMARTS) is 2. The van der Waals surface area contributed by atoms with Crippen molar-refractivity contribution in [1.82, 2.24) is 5.32 Å².